The molecule has 9 heteroatoms. The zero-order valence-electron chi connectivity index (χ0n) is 21.2. The van der Waals surface area contributed by atoms with E-state index in [0.717, 1.165) is 61.6 Å². The SMILES string of the molecule is CCCc1cnc(Nc2cccc(C3CCN(C(=O)C4CCCCN4C(=O)CN(C)C)CC3)n2)s1. The average Bonchev–Trinajstić information content (AvgIpc) is 3.30. The van der Waals surface area contributed by atoms with Gasteiger partial charge in [-0.2, -0.15) is 0 Å². The topological polar surface area (TPSA) is 81.7 Å². The maximum absolute atomic E-state index is 13.4. The summed E-state index contributed by atoms with van der Waals surface area (Å²) >= 11 is 1.68. The van der Waals surface area contributed by atoms with Crippen molar-refractivity contribution < 1.29 is 9.59 Å². The molecule has 0 saturated carbocycles. The molecule has 8 nitrogen and oxygen atoms in total. The Morgan fingerprint density at radius 1 is 1.14 bits per heavy atom. The Morgan fingerprint density at radius 2 is 1.94 bits per heavy atom. The molecule has 0 bridgehead atoms. The number of anilines is 2. The second-order valence-electron chi connectivity index (χ2n) is 9.89. The smallest absolute Gasteiger partial charge is 0.245 e. The summed E-state index contributed by atoms with van der Waals surface area (Å²) in [5.74, 6) is 1.31. The standard InChI is InChI=1S/C26H38N6O2S/c1-4-8-20-17-27-26(35-20)29-23-11-7-9-21(28-23)19-12-15-31(16-13-19)25(34)22-10-5-6-14-32(22)24(33)18-30(2)3/h7,9,11,17,19,22H,4-6,8,10,12-16,18H2,1-3H3,(H,27,28,29). The summed E-state index contributed by atoms with van der Waals surface area (Å²) in [5.41, 5.74) is 1.06. The zero-order valence-corrected chi connectivity index (χ0v) is 22.0. The lowest BCUT2D eigenvalue weighted by Crippen LogP contribution is -2.55. The van der Waals surface area contributed by atoms with Crippen LogP contribution in [0.15, 0.2) is 24.4 Å². The van der Waals surface area contributed by atoms with Crippen molar-refractivity contribution in [3.8, 4) is 0 Å². The van der Waals surface area contributed by atoms with Crippen LogP contribution in [0, 0.1) is 0 Å². The predicted octanol–water partition coefficient (Wildman–Crippen LogP) is 3.88. The summed E-state index contributed by atoms with van der Waals surface area (Å²) < 4.78 is 0. The lowest BCUT2D eigenvalue weighted by molar-refractivity contribution is -0.148. The van der Waals surface area contributed by atoms with Crippen LogP contribution in [-0.4, -0.2) is 82.8 Å². The van der Waals surface area contributed by atoms with Gasteiger partial charge in [0, 0.05) is 42.3 Å². The van der Waals surface area contributed by atoms with Gasteiger partial charge in [0.05, 0.1) is 6.54 Å². The van der Waals surface area contributed by atoms with Crippen molar-refractivity contribution in [3.63, 3.8) is 0 Å². The molecular formula is C26H38N6O2S. The lowest BCUT2D eigenvalue weighted by Gasteiger charge is -2.40. The number of aromatic nitrogens is 2. The molecule has 2 aromatic rings. The number of hydrogen-bond acceptors (Lipinski definition) is 7. The Bertz CT molecular complexity index is 1000. The summed E-state index contributed by atoms with van der Waals surface area (Å²) in [5, 5.41) is 4.23. The van der Waals surface area contributed by atoms with Crippen LogP contribution in [-0.2, 0) is 16.0 Å². The van der Waals surface area contributed by atoms with Crippen LogP contribution in [0.5, 0.6) is 0 Å². The number of likely N-dealkylation sites (N-methyl/N-ethyl adjacent to an activating group) is 1. The van der Waals surface area contributed by atoms with Crippen molar-refractivity contribution in [2.24, 2.45) is 0 Å². The fourth-order valence-corrected chi connectivity index (χ4v) is 5.96. The predicted molar refractivity (Wildman–Crippen MR) is 140 cm³/mol. The minimum absolute atomic E-state index is 0.0542. The van der Waals surface area contributed by atoms with E-state index in [1.165, 1.54) is 4.88 Å². The molecular weight excluding hydrogens is 460 g/mol. The first-order valence-electron chi connectivity index (χ1n) is 12.9. The summed E-state index contributed by atoms with van der Waals surface area (Å²) in [6.07, 6.45) is 8.62. The van der Waals surface area contributed by atoms with Crippen LogP contribution < -0.4 is 5.32 Å². The molecule has 0 aromatic carbocycles. The van der Waals surface area contributed by atoms with Gasteiger partial charge in [0.25, 0.3) is 0 Å². The van der Waals surface area contributed by atoms with Crippen LogP contribution in [0.25, 0.3) is 0 Å². The summed E-state index contributed by atoms with van der Waals surface area (Å²) in [4.78, 5) is 42.4. The summed E-state index contributed by atoms with van der Waals surface area (Å²) in [6, 6.07) is 5.79. The first kappa shape index (κ1) is 25.6. The molecule has 4 rings (SSSR count). The lowest BCUT2D eigenvalue weighted by atomic mass is 9.92. The van der Waals surface area contributed by atoms with E-state index in [-0.39, 0.29) is 17.9 Å². The molecule has 190 valence electrons. The number of carbonyl (C=O) groups is 2. The minimum atomic E-state index is -0.311. The third-order valence-corrected chi connectivity index (χ3v) is 7.81. The number of aryl methyl sites for hydroxylation is 1. The van der Waals surface area contributed by atoms with Crippen LogP contribution in [0.2, 0.25) is 0 Å². The third-order valence-electron chi connectivity index (χ3n) is 6.84. The molecule has 0 aliphatic carbocycles. The van der Waals surface area contributed by atoms with Crippen LogP contribution in [0.4, 0.5) is 10.9 Å². The number of carbonyl (C=O) groups excluding carboxylic acids is 2. The molecule has 2 amide bonds. The van der Waals surface area contributed by atoms with Gasteiger partial charge in [0.15, 0.2) is 5.13 Å². The number of hydrogen-bond donors (Lipinski definition) is 1. The Morgan fingerprint density at radius 3 is 2.69 bits per heavy atom. The second-order valence-corrected chi connectivity index (χ2v) is 11.0. The number of thiazole rings is 1. The molecule has 35 heavy (non-hydrogen) atoms. The van der Waals surface area contributed by atoms with Crippen molar-refractivity contribution in [1.82, 2.24) is 24.7 Å². The molecule has 4 heterocycles. The van der Waals surface area contributed by atoms with Gasteiger partial charge in [0.2, 0.25) is 11.8 Å². The van der Waals surface area contributed by atoms with E-state index in [1.54, 1.807) is 11.3 Å². The average molecular weight is 499 g/mol. The second kappa shape index (κ2) is 11.9. The number of nitrogens with one attached hydrogen (secondary N) is 1. The number of piperidine rings is 2. The largest absolute Gasteiger partial charge is 0.341 e. The monoisotopic (exact) mass is 498 g/mol. The van der Waals surface area contributed by atoms with E-state index < -0.39 is 0 Å². The molecule has 1 atom stereocenters. The number of nitrogens with zero attached hydrogens (tertiary/aromatic N) is 5. The highest BCUT2D eigenvalue weighted by molar-refractivity contribution is 7.15. The molecule has 2 aliphatic heterocycles. The van der Waals surface area contributed by atoms with Gasteiger partial charge in [-0.05, 0) is 64.8 Å². The fraction of sp³-hybridized carbons (Fsp3) is 0.615. The highest BCUT2D eigenvalue weighted by Crippen LogP contribution is 2.30. The van der Waals surface area contributed by atoms with Crippen LogP contribution in [0.3, 0.4) is 0 Å². The zero-order chi connectivity index (χ0) is 24.8. The van der Waals surface area contributed by atoms with Gasteiger partial charge in [-0.3, -0.25) is 9.59 Å². The molecule has 2 saturated heterocycles. The van der Waals surface area contributed by atoms with Crippen molar-refractivity contribution in [3.05, 3.63) is 35.0 Å². The van der Waals surface area contributed by atoms with Crippen molar-refractivity contribution in [2.45, 2.75) is 63.8 Å². The van der Waals surface area contributed by atoms with E-state index in [9.17, 15) is 9.59 Å². The Labute approximate surface area is 212 Å². The number of rotatable bonds is 8. The Kier molecular flexibility index (Phi) is 8.73. The first-order chi connectivity index (χ1) is 16.9. The molecule has 0 radical (unpaired) electrons. The first-order valence-corrected chi connectivity index (χ1v) is 13.7. The van der Waals surface area contributed by atoms with Crippen molar-refractivity contribution in [1.29, 1.82) is 0 Å². The molecule has 1 unspecified atom stereocenters. The fourth-order valence-electron chi connectivity index (χ4n) is 5.04. The van der Waals surface area contributed by atoms with E-state index in [2.05, 4.69) is 23.3 Å². The maximum atomic E-state index is 13.4. The molecule has 0 spiro atoms. The van der Waals surface area contributed by atoms with Crippen LogP contribution in [0.1, 0.15) is 61.9 Å². The van der Waals surface area contributed by atoms with E-state index in [1.807, 2.05) is 47.1 Å². The quantitative estimate of drug-likeness (QED) is 0.595. The van der Waals surface area contributed by atoms with Crippen molar-refractivity contribution in [2.75, 3.05) is 45.6 Å². The van der Waals surface area contributed by atoms with Gasteiger partial charge in [-0.15, -0.1) is 11.3 Å². The molecule has 2 aliphatic rings. The number of amides is 2. The third kappa shape index (κ3) is 6.58. The summed E-state index contributed by atoms with van der Waals surface area (Å²) in [6.45, 7) is 4.63. The van der Waals surface area contributed by atoms with E-state index >= 15 is 0 Å². The van der Waals surface area contributed by atoms with Gasteiger partial charge < -0.3 is 20.0 Å². The van der Waals surface area contributed by atoms with E-state index in [0.29, 0.717) is 32.1 Å². The number of likely N-dealkylation sites (tertiary alicyclic amines) is 2. The van der Waals surface area contributed by atoms with E-state index in [4.69, 9.17) is 4.98 Å². The Hall–Kier alpha value is -2.52. The molecule has 2 fully saturated rings. The minimum Gasteiger partial charge on any atom is -0.341 e. The normalized spacial score (nSPS) is 19.3. The number of pyridine rings is 1. The van der Waals surface area contributed by atoms with Crippen LogP contribution >= 0.6 is 11.3 Å². The van der Waals surface area contributed by atoms with Crippen molar-refractivity contribution >= 4 is 34.1 Å². The van der Waals surface area contributed by atoms with Gasteiger partial charge in [-0.1, -0.05) is 19.4 Å². The van der Waals surface area contributed by atoms with Gasteiger partial charge >= 0.3 is 0 Å². The Balaban J connectivity index is 1.34. The van der Waals surface area contributed by atoms with Gasteiger partial charge in [0.1, 0.15) is 11.9 Å². The molecule has 1 N–H and O–H groups in total. The molecule has 2 aromatic heterocycles. The summed E-state index contributed by atoms with van der Waals surface area (Å²) in [7, 11) is 3.78. The maximum Gasteiger partial charge on any atom is 0.245 e. The highest BCUT2D eigenvalue weighted by atomic mass is 32.1. The van der Waals surface area contributed by atoms with Gasteiger partial charge in [-0.25, -0.2) is 9.97 Å². The highest BCUT2D eigenvalue weighted by Gasteiger charge is 2.36.